The van der Waals surface area contributed by atoms with Crippen LogP contribution in [0.25, 0.3) is 0 Å². The maximum atomic E-state index is 10.6. The lowest BCUT2D eigenvalue weighted by molar-refractivity contribution is -0.192. The molecule has 1 heterocycles. The van der Waals surface area contributed by atoms with Gasteiger partial charge in [-0.2, -0.15) is 18.4 Å². The van der Waals surface area contributed by atoms with E-state index in [-0.39, 0.29) is 0 Å². The van der Waals surface area contributed by atoms with Gasteiger partial charge in [-0.3, -0.25) is 9.97 Å². The van der Waals surface area contributed by atoms with E-state index in [1.54, 1.807) is 67.4 Å². The molecule has 0 spiro atoms. The average molecular weight is 406 g/mol. The second kappa shape index (κ2) is 16.1. The Kier molecular flexibility index (Phi) is 13.8. The van der Waals surface area contributed by atoms with Crippen molar-refractivity contribution in [3.05, 3.63) is 97.7 Å². The zero-order valence-electron chi connectivity index (χ0n) is 14.9. The number of carboxylic acid groups (broad SMARTS) is 1. The van der Waals surface area contributed by atoms with Gasteiger partial charge in [0.05, 0.1) is 18.7 Å². The summed E-state index contributed by atoms with van der Waals surface area (Å²) in [5, 5.41) is 16.0. The molecular weight excluding hydrogens is 389 g/mol. The molecule has 1 aromatic rings. The van der Waals surface area contributed by atoms with E-state index in [0.29, 0.717) is 5.69 Å². The molecule has 2 N–H and O–H groups in total. The minimum atomic E-state index is -5.08. The Balaban J connectivity index is 0.000000956. The third-order valence-corrected chi connectivity index (χ3v) is 2.29. The molecule has 0 aliphatic rings. The molecule has 0 unspecified atom stereocenters. The minimum absolute atomic E-state index is 0.325. The third-order valence-electron chi connectivity index (χ3n) is 2.29. The molecule has 0 radical (unpaired) electrons. The van der Waals surface area contributed by atoms with E-state index < -0.39 is 12.1 Å². The van der Waals surface area contributed by atoms with Crippen LogP contribution < -0.4 is 0 Å². The molecule has 0 aliphatic heterocycles. The number of aromatic amines is 1. The summed E-state index contributed by atoms with van der Waals surface area (Å²) in [7, 11) is 0. The van der Waals surface area contributed by atoms with Crippen molar-refractivity contribution in [3.63, 3.8) is 0 Å². The fourth-order valence-electron chi connectivity index (χ4n) is 1.11. The Hall–Kier alpha value is -4.13. The van der Waals surface area contributed by atoms with Crippen molar-refractivity contribution in [3.8, 4) is 6.07 Å². The van der Waals surface area contributed by atoms with Crippen molar-refractivity contribution in [1.29, 1.82) is 5.26 Å². The molecule has 0 aromatic carbocycles. The number of rotatable bonds is 0. The Morgan fingerprint density at radius 1 is 0.966 bits per heavy atom. The van der Waals surface area contributed by atoms with Crippen LogP contribution in [0.5, 0.6) is 0 Å². The number of aliphatic carboxylic acids is 1. The number of nitrogens with one attached hydrogen (secondary N) is 1. The topological polar surface area (TPSA) is 116 Å². The Morgan fingerprint density at radius 3 is 2.07 bits per heavy atom. The van der Waals surface area contributed by atoms with Crippen LogP contribution in [-0.4, -0.2) is 32.2 Å². The first kappa shape index (κ1) is 24.9. The number of carbonyl (C=O) groups is 1. The maximum Gasteiger partial charge on any atom is 0.490 e. The number of hydrogen-bond donors (Lipinski definition) is 2. The SMILES string of the molecule is N#Cc1cncccccoccccccnccc[nH]1.O=C(O)C(F)(F)F. The maximum absolute atomic E-state index is 10.6. The van der Waals surface area contributed by atoms with E-state index in [0.717, 1.165) is 0 Å². The zero-order chi connectivity index (χ0) is 21.8. The monoisotopic (exact) mass is 406 g/mol. The van der Waals surface area contributed by atoms with Crippen LogP contribution in [0.1, 0.15) is 5.69 Å². The first-order chi connectivity index (χ1) is 13.9. The molecule has 0 fully saturated rings. The summed E-state index contributed by atoms with van der Waals surface area (Å²) in [6, 6.07) is 16.1. The van der Waals surface area contributed by atoms with E-state index in [9.17, 15) is 13.2 Å². The molecule has 0 amide bonds. The summed E-state index contributed by atoms with van der Waals surface area (Å²) >= 11 is 0. The highest BCUT2D eigenvalue weighted by Crippen LogP contribution is 2.13. The average Bonchev–Trinajstić information content (AvgIpc) is 2.67. The van der Waals surface area contributed by atoms with Gasteiger partial charge in [-0.15, -0.1) is 0 Å². The van der Waals surface area contributed by atoms with Gasteiger partial charge >= 0.3 is 12.1 Å². The lowest BCUT2D eigenvalue weighted by atomic mass is 10.5. The molecule has 0 saturated carbocycles. The van der Waals surface area contributed by atoms with Crippen LogP contribution in [0.4, 0.5) is 13.2 Å². The molecular formula is C19H17F3N4O3. The first-order valence-corrected chi connectivity index (χ1v) is 7.72. The van der Waals surface area contributed by atoms with Gasteiger partial charge in [-0.05, 0) is 30.3 Å². The number of nitriles is 1. The Labute approximate surface area is 164 Å². The van der Waals surface area contributed by atoms with Gasteiger partial charge in [0.15, 0.2) is 0 Å². The Morgan fingerprint density at radius 2 is 1.48 bits per heavy atom. The highest BCUT2D eigenvalue weighted by Gasteiger charge is 2.38. The van der Waals surface area contributed by atoms with E-state index >= 15 is 0 Å². The summed E-state index contributed by atoms with van der Waals surface area (Å²) < 4.78 is 36.9. The standard InChI is InChI=1S/C17H16N4O.C2HF3O2/c18-15-17-16-20-10-5-3-7-14-22-13-6-2-1-4-9-19-11-8-12-21-17;3-2(4,5)1(6)7/h1-14,16,21H;(H,6,7). The fourth-order valence-corrected chi connectivity index (χ4v) is 1.11. The summed E-state index contributed by atoms with van der Waals surface area (Å²) in [5.41, 5.74) is 0.325. The number of carboxylic acids is 1. The van der Waals surface area contributed by atoms with Crippen LogP contribution in [0.2, 0.25) is 0 Å². The van der Waals surface area contributed by atoms with Gasteiger partial charge in [-0.25, -0.2) is 4.79 Å². The van der Waals surface area contributed by atoms with Gasteiger partial charge in [0.25, 0.3) is 0 Å². The van der Waals surface area contributed by atoms with Crippen LogP contribution >= 0.6 is 0 Å². The molecule has 0 saturated heterocycles. The van der Waals surface area contributed by atoms with Crippen molar-refractivity contribution in [2.24, 2.45) is 0 Å². The predicted molar refractivity (Wildman–Crippen MR) is 97.6 cm³/mol. The fraction of sp³-hybridized carbons (Fsp3) is 0.0526. The molecule has 10 heteroatoms. The number of nitrogens with zero attached hydrogens (tertiary/aromatic N) is 3. The van der Waals surface area contributed by atoms with E-state index in [1.165, 1.54) is 12.5 Å². The van der Waals surface area contributed by atoms with E-state index in [1.807, 2.05) is 18.2 Å². The van der Waals surface area contributed by atoms with Gasteiger partial charge in [-0.1, -0.05) is 18.2 Å². The van der Waals surface area contributed by atoms with Crippen molar-refractivity contribution in [2.45, 2.75) is 6.18 Å². The highest BCUT2D eigenvalue weighted by atomic mass is 19.4. The lowest BCUT2D eigenvalue weighted by Gasteiger charge is -1.93. The quantitative estimate of drug-likeness (QED) is 0.660. The molecule has 152 valence electrons. The predicted octanol–water partition coefficient (Wildman–Crippen LogP) is 4.40. The van der Waals surface area contributed by atoms with Crippen molar-refractivity contribution >= 4 is 5.97 Å². The number of aromatic nitrogens is 3. The van der Waals surface area contributed by atoms with Gasteiger partial charge in [0, 0.05) is 24.8 Å². The van der Waals surface area contributed by atoms with Crippen molar-refractivity contribution < 1.29 is 27.5 Å². The molecule has 1 rings (SSSR count). The summed E-state index contributed by atoms with van der Waals surface area (Å²) in [5.74, 6) is -2.76. The number of H-pyrrole nitrogens is 1. The van der Waals surface area contributed by atoms with Crippen LogP contribution in [0.15, 0.2) is 96.5 Å². The smallest absolute Gasteiger partial charge is 0.475 e. The second-order valence-electron chi connectivity index (χ2n) is 4.46. The largest absolute Gasteiger partial charge is 0.490 e. The minimum Gasteiger partial charge on any atom is -0.475 e. The molecule has 0 bridgehead atoms. The second-order valence-corrected chi connectivity index (χ2v) is 4.46. The number of hydrogen-bond acceptors (Lipinski definition) is 5. The van der Waals surface area contributed by atoms with Gasteiger partial charge in [0.2, 0.25) is 0 Å². The van der Waals surface area contributed by atoms with E-state index in [4.69, 9.17) is 19.6 Å². The summed E-state index contributed by atoms with van der Waals surface area (Å²) in [4.78, 5) is 19.7. The molecule has 1 aromatic heterocycles. The first-order valence-electron chi connectivity index (χ1n) is 7.72. The molecule has 0 aliphatic carbocycles. The highest BCUT2D eigenvalue weighted by molar-refractivity contribution is 5.73. The zero-order valence-corrected chi connectivity index (χ0v) is 14.9. The summed E-state index contributed by atoms with van der Waals surface area (Å²) in [6.45, 7) is 0. The lowest BCUT2D eigenvalue weighted by Crippen LogP contribution is -2.21. The van der Waals surface area contributed by atoms with E-state index in [2.05, 4.69) is 15.0 Å². The third kappa shape index (κ3) is 17.1. The summed E-state index contributed by atoms with van der Waals surface area (Å²) in [6.07, 6.45) is 5.85. The Bertz CT molecular complexity index is 836. The molecule has 0 atom stereocenters. The molecule has 29 heavy (non-hydrogen) atoms. The number of halogens is 3. The van der Waals surface area contributed by atoms with Crippen LogP contribution in [0, 0.1) is 11.3 Å². The number of alkyl halides is 3. The molecule has 7 nitrogen and oxygen atoms in total. The normalized spacial score (nSPS) is 8.76. The van der Waals surface area contributed by atoms with Crippen molar-refractivity contribution in [1.82, 2.24) is 15.0 Å². The van der Waals surface area contributed by atoms with Crippen LogP contribution in [0.3, 0.4) is 0 Å². The van der Waals surface area contributed by atoms with Gasteiger partial charge < -0.3 is 14.5 Å². The van der Waals surface area contributed by atoms with Crippen LogP contribution in [-0.2, 0) is 4.79 Å². The van der Waals surface area contributed by atoms with Gasteiger partial charge in [0.1, 0.15) is 11.8 Å². The van der Waals surface area contributed by atoms with Crippen molar-refractivity contribution in [2.75, 3.05) is 0 Å².